The molecule has 0 saturated carbocycles. The summed E-state index contributed by atoms with van der Waals surface area (Å²) in [7, 11) is 0. The Bertz CT molecular complexity index is 1070. The van der Waals surface area contributed by atoms with E-state index in [2.05, 4.69) is 21.6 Å². The van der Waals surface area contributed by atoms with E-state index >= 15 is 0 Å². The zero-order chi connectivity index (χ0) is 17.1. The van der Waals surface area contributed by atoms with Gasteiger partial charge in [-0.15, -0.1) is 9.89 Å². The number of hydrogen-bond acceptors (Lipinski definition) is 4. The molecule has 0 amide bonds. The van der Waals surface area contributed by atoms with Crippen molar-refractivity contribution in [3.63, 3.8) is 0 Å². The Hall–Kier alpha value is -3.47. The van der Waals surface area contributed by atoms with Crippen molar-refractivity contribution < 1.29 is 0 Å². The lowest BCUT2D eigenvalue weighted by atomic mass is 10.1. The predicted octanol–water partition coefficient (Wildman–Crippen LogP) is 3.20. The molecule has 122 valence electrons. The molecule has 0 aliphatic heterocycles. The first-order valence-electron chi connectivity index (χ1n) is 8.03. The number of fused-ring (bicyclic) bond motifs is 1. The topological polar surface area (TPSA) is 59.8 Å². The molecule has 0 spiro atoms. The molecule has 0 bridgehead atoms. The highest BCUT2D eigenvalue weighted by Crippen LogP contribution is 2.15. The van der Waals surface area contributed by atoms with Gasteiger partial charge in [-0.1, -0.05) is 42.5 Å². The van der Waals surface area contributed by atoms with E-state index < -0.39 is 0 Å². The number of aromatic nitrogens is 3. The second-order valence-corrected chi connectivity index (χ2v) is 5.70. The molecule has 0 radical (unpaired) electrons. The lowest BCUT2D eigenvalue weighted by Gasteiger charge is -2.10. The summed E-state index contributed by atoms with van der Waals surface area (Å²) in [5.74, 6) is 0. The van der Waals surface area contributed by atoms with Crippen LogP contribution in [0.2, 0.25) is 0 Å². The molecule has 2 heterocycles. The molecule has 2 aromatic carbocycles. The fourth-order valence-electron chi connectivity index (χ4n) is 2.69. The van der Waals surface area contributed by atoms with Crippen molar-refractivity contribution in [1.82, 2.24) is 14.9 Å². The summed E-state index contributed by atoms with van der Waals surface area (Å²) in [4.78, 5) is 17.7. The van der Waals surface area contributed by atoms with Gasteiger partial charge in [-0.2, -0.15) is 0 Å². The van der Waals surface area contributed by atoms with Crippen molar-refractivity contribution in [2.24, 2.45) is 0 Å². The van der Waals surface area contributed by atoms with Crippen LogP contribution < -0.4 is 11.0 Å². The van der Waals surface area contributed by atoms with Crippen LogP contribution in [0.4, 0.5) is 0 Å². The number of nitrogens with zero attached hydrogens (tertiary/aromatic N) is 3. The second kappa shape index (κ2) is 6.57. The van der Waals surface area contributed by atoms with Crippen LogP contribution in [-0.4, -0.2) is 14.9 Å². The molecule has 1 N–H and O–H groups in total. The molecule has 0 aliphatic carbocycles. The van der Waals surface area contributed by atoms with E-state index in [0.29, 0.717) is 6.54 Å². The Morgan fingerprint density at radius 2 is 1.80 bits per heavy atom. The van der Waals surface area contributed by atoms with Crippen LogP contribution >= 0.6 is 0 Å². The minimum atomic E-state index is -0.192. The number of pyridine rings is 1. The average molecular weight is 328 g/mol. The Morgan fingerprint density at radius 1 is 0.920 bits per heavy atom. The highest BCUT2D eigenvalue weighted by atomic mass is 16.1. The van der Waals surface area contributed by atoms with Gasteiger partial charge in [-0.05, 0) is 29.8 Å². The van der Waals surface area contributed by atoms with Crippen LogP contribution in [0.5, 0.6) is 0 Å². The first-order chi connectivity index (χ1) is 12.3. The van der Waals surface area contributed by atoms with Gasteiger partial charge in [-0.3, -0.25) is 9.78 Å². The summed E-state index contributed by atoms with van der Waals surface area (Å²) in [6, 6.07) is 23.0. The third kappa shape index (κ3) is 3.26. The van der Waals surface area contributed by atoms with Gasteiger partial charge >= 0.3 is 0 Å². The lowest BCUT2D eigenvalue weighted by molar-refractivity contribution is 0.686. The minimum absolute atomic E-state index is 0.192. The van der Waals surface area contributed by atoms with Gasteiger partial charge in [0.05, 0.1) is 17.8 Å². The number of hydrogen-bond donors (Lipinski definition) is 1. The summed E-state index contributed by atoms with van der Waals surface area (Å²) in [6.07, 6.45) is 1.78. The van der Waals surface area contributed by atoms with E-state index in [4.69, 9.17) is 0 Å². The Kier molecular flexibility index (Phi) is 3.96. The molecule has 0 aliphatic rings. The third-order valence-corrected chi connectivity index (χ3v) is 3.97. The fourth-order valence-corrected chi connectivity index (χ4v) is 2.69. The molecule has 0 saturated heterocycles. The number of benzene rings is 2. The summed E-state index contributed by atoms with van der Waals surface area (Å²) >= 11 is 0. The van der Waals surface area contributed by atoms with Gasteiger partial charge in [-0.25, -0.2) is 0 Å². The Balaban J connectivity index is 1.58. The summed E-state index contributed by atoms with van der Waals surface area (Å²) < 4.78 is 0. The fraction of sp³-hybridized carbons (Fsp3) is 0.0500. The van der Waals surface area contributed by atoms with Crippen molar-refractivity contribution in [2.45, 2.75) is 6.54 Å². The number of rotatable bonds is 4. The van der Waals surface area contributed by atoms with Gasteiger partial charge < -0.3 is 5.43 Å². The molecule has 0 fully saturated rings. The standard InChI is InChI=1S/C20H16N4O/c25-20-11-10-19(16-5-2-1-3-6-16)23-24(20)22-14-15-8-9-18-17(13-15)7-4-12-21-18/h1-13,22H,14H2. The molecule has 4 aromatic rings. The average Bonchev–Trinajstić information content (AvgIpc) is 2.68. The Morgan fingerprint density at radius 3 is 2.68 bits per heavy atom. The van der Waals surface area contributed by atoms with E-state index in [1.807, 2.05) is 54.6 Å². The van der Waals surface area contributed by atoms with E-state index in [-0.39, 0.29) is 5.56 Å². The van der Waals surface area contributed by atoms with Gasteiger partial charge in [0.1, 0.15) is 0 Å². The summed E-state index contributed by atoms with van der Waals surface area (Å²) in [5, 5.41) is 5.47. The van der Waals surface area contributed by atoms with Crippen LogP contribution in [0.15, 0.2) is 83.8 Å². The largest absolute Gasteiger partial charge is 0.302 e. The van der Waals surface area contributed by atoms with Crippen LogP contribution in [0.1, 0.15) is 5.56 Å². The molecule has 0 atom stereocenters. The molecular weight excluding hydrogens is 312 g/mol. The van der Waals surface area contributed by atoms with Crippen LogP contribution in [0.3, 0.4) is 0 Å². The van der Waals surface area contributed by atoms with Gasteiger partial charge in [0, 0.05) is 23.2 Å². The number of nitrogens with one attached hydrogen (secondary N) is 1. The van der Waals surface area contributed by atoms with E-state index in [0.717, 1.165) is 27.7 Å². The second-order valence-electron chi connectivity index (χ2n) is 5.70. The smallest absolute Gasteiger partial charge is 0.285 e. The Labute approximate surface area is 144 Å². The molecule has 5 heteroatoms. The van der Waals surface area contributed by atoms with Gasteiger partial charge in [0.2, 0.25) is 0 Å². The van der Waals surface area contributed by atoms with Crippen molar-refractivity contribution in [3.8, 4) is 11.3 Å². The normalized spacial score (nSPS) is 10.7. The maximum Gasteiger partial charge on any atom is 0.285 e. The first-order valence-corrected chi connectivity index (χ1v) is 8.03. The first kappa shape index (κ1) is 15.1. The van der Waals surface area contributed by atoms with Crippen molar-refractivity contribution in [3.05, 3.63) is 94.9 Å². The van der Waals surface area contributed by atoms with Crippen LogP contribution in [0.25, 0.3) is 22.2 Å². The highest BCUT2D eigenvalue weighted by molar-refractivity contribution is 5.78. The van der Waals surface area contributed by atoms with Gasteiger partial charge in [0.15, 0.2) is 0 Å². The van der Waals surface area contributed by atoms with E-state index in [1.54, 1.807) is 12.3 Å². The maximum atomic E-state index is 12.1. The third-order valence-electron chi connectivity index (χ3n) is 3.97. The van der Waals surface area contributed by atoms with E-state index in [9.17, 15) is 4.79 Å². The van der Waals surface area contributed by atoms with Crippen molar-refractivity contribution in [2.75, 3.05) is 5.43 Å². The minimum Gasteiger partial charge on any atom is -0.302 e. The molecule has 4 rings (SSSR count). The van der Waals surface area contributed by atoms with Crippen LogP contribution in [0, 0.1) is 0 Å². The molecular formula is C20H16N4O. The van der Waals surface area contributed by atoms with Crippen molar-refractivity contribution >= 4 is 10.9 Å². The van der Waals surface area contributed by atoms with Gasteiger partial charge in [0.25, 0.3) is 5.56 Å². The van der Waals surface area contributed by atoms with Crippen molar-refractivity contribution in [1.29, 1.82) is 0 Å². The SMILES string of the molecule is O=c1ccc(-c2ccccc2)nn1NCc1ccc2ncccc2c1. The maximum absolute atomic E-state index is 12.1. The highest BCUT2D eigenvalue weighted by Gasteiger charge is 2.03. The molecule has 2 aromatic heterocycles. The lowest BCUT2D eigenvalue weighted by Crippen LogP contribution is -2.30. The zero-order valence-corrected chi connectivity index (χ0v) is 13.5. The monoisotopic (exact) mass is 328 g/mol. The summed E-state index contributed by atoms with van der Waals surface area (Å²) in [5.41, 5.74) is 6.60. The quantitative estimate of drug-likeness (QED) is 0.625. The van der Waals surface area contributed by atoms with Crippen LogP contribution in [-0.2, 0) is 6.54 Å². The molecule has 25 heavy (non-hydrogen) atoms. The zero-order valence-electron chi connectivity index (χ0n) is 13.5. The molecule has 5 nitrogen and oxygen atoms in total. The van der Waals surface area contributed by atoms with E-state index in [1.165, 1.54) is 10.9 Å². The molecule has 0 unspecified atom stereocenters. The predicted molar refractivity (Wildman–Crippen MR) is 98.7 cm³/mol. The summed E-state index contributed by atoms with van der Waals surface area (Å²) in [6.45, 7) is 0.496.